The van der Waals surface area contributed by atoms with E-state index in [-0.39, 0.29) is 5.91 Å². The van der Waals surface area contributed by atoms with Crippen molar-refractivity contribution in [2.24, 2.45) is 0 Å². The van der Waals surface area contributed by atoms with Crippen LogP contribution in [0, 0.1) is 0 Å². The minimum Gasteiger partial charge on any atom is -0.496 e. The number of anilines is 1. The number of para-hydroxylation sites is 2. The zero-order valence-corrected chi connectivity index (χ0v) is 13.4. The summed E-state index contributed by atoms with van der Waals surface area (Å²) in [5.41, 5.74) is 1.22. The molecule has 23 heavy (non-hydrogen) atoms. The quantitative estimate of drug-likeness (QED) is 0.796. The second-order valence-electron chi connectivity index (χ2n) is 4.96. The summed E-state index contributed by atoms with van der Waals surface area (Å²) in [6, 6.07) is 16.2. The van der Waals surface area contributed by atoms with Gasteiger partial charge in [-0.1, -0.05) is 36.4 Å². The standard InChI is InChI=1S/C18H19NO4/c1-13(20)23-17(15-11-7-8-12-16(15)22-3)18(21)19(2)14-9-5-4-6-10-14/h4-12,17H,1-3H3. The highest BCUT2D eigenvalue weighted by molar-refractivity contribution is 5.98. The molecular weight excluding hydrogens is 294 g/mol. The van der Waals surface area contributed by atoms with Crippen LogP contribution in [0.4, 0.5) is 5.69 Å². The second kappa shape index (κ2) is 7.45. The average Bonchev–Trinajstić information content (AvgIpc) is 2.59. The van der Waals surface area contributed by atoms with Gasteiger partial charge in [-0.15, -0.1) is 0 Å². The molecule has 0 N–H and O–H groups in total. The number of benzene rings is 2. The van der Waals surface area contributed by atoms with Crippen LogP contribution in [0.5, 0.6) is 5.75 Å². The largest absolute Gasteiger partial charge is 0.496 e. The Morgan fingerprint density at radius 2 is 1.61 bits per heavy atom. The Morgan fingerprint density at radius 1 is 1.00 bits per heavy atom. The molecule has 120 valence electrons. The third kappa shape index (κ3) is 3.88. The summed E-state index contributed by atoms with van der Waals surface area (Å²) < 4.78 is 10.6. The fourth-order valence-electron chi connectivity index (χ4n) is 2.25. The Bertz CT molecular complexity index is 684. The minimum atomic E-state index is -1.06. The van der Waals surface area contributed by atoms with Gasteiger partial charge in [-0.2, -0.15) is 0 Å². The Labute approximate surface area is 135 Å². The molecule has 0 spiro atoms. The Kier molecular flexibility index (Phi) is 5.36. The maximum atomic E-state index is 12.8. The van der Waals surface area contributed by atoms with Crippen molar-refractivity contribution in [1.82, 2.24) is 0 Å². The lowest BCUT2D eigenvalue weighted by atomic mass is 10.1. The Morgan fingerprint density at radius 3 is 2.22 bits per heavy atom. The summed E-state index contributed by atoms with van der Waals surface area (Å²) in [6.45, 7) is 1.28. The van der Waals surface area contributed by atoms with E-state index in [4.69, 9.17) is 9.47 Å². The molecule has 5 nitrogen and oxygen atoms in total. The molecule has 0 heterocycles. The lowest BCUT2D eigenvalue weighted by Gasteiger charge is -2.24. The van der Waals surface area contributed by atoms with E-state index in [0.29, 0.717) is 17.0 Å². The number of ether oxygens (including phenoxy) is 2. The molecule has 0 aromatic heterocycles. The summed E-state index contributed by atoms with van der Waals surface area (Å²) in [7, 11) is 3.15. The van der Waals surface area contributed by atoms with Crippen molar-refractivity contribution in [3.8, 4) is 5.75 Å². The van der Waals surface area contributed by atoms with Crippen LogP contribution in [-0.2, 0) is 14.3 Å². The third-order valence-corrected chi connectivity index (χ3v) is 3.40. The number of rotatable bonds is 5. The summed E-state index contributed by atoms with van der Waals surface area (Å²) in [5.74, 6) is -0.389. The average molecular weight is 313 g/mol. The fraction of sp³-hybridized carbons (Fsp3) is 0.222. The number of carbonyl (C=O) groups excluding carboxylic acids is 2. The second-order valence-corrected chi connectivity index (χ2v) is 4.96. The molecule has 0 aliphatic heterocycles. The highest BCUT2D eigenvalue weighted by Crippen LogP contribution is 2.30. The van der Waals surface area contributed by atoms with Crippen LogP contribution in [-0.4, -0.2) is 26.0 Å². The number of nitrogens with zero attached hydrogens (tertiary/aromatic N) is 1. The Balaban J connectivity index is 2.38. The molecule has 2 aromatic carbocycles. The third-order valence-electron chi connectivity index (χ3n) is 3.40. The molecule has 0 saturated carbocycles. The molecule has 0 radical (unpaired) electrons. The van der Waals surface area contributed by atoms with Gasteiger partial charge in [-0.05, 0) is 18.2 Å². The van der Waals surface area contributed by atoms with Gasteiger partial charge in [0.05, 0.1) is 7.11 Å². The van der Waals surface area contributed by atoms with Crippen LogP contribution in [0.2, 0.25) is 0 Å². The van der Waals surface area contributed by atoms with Gasteiger partial charge in [0.1, 0.15) is 5.75 Å². The van der Waals surface area contributed by atoms with Crippen molar-refractivity contribution in [2.75, 3.05) is 19.1 Å². The highest BCUT2D eigenvalue weighted by atomic mass is 16.5. The number of esters is 1. The van der Waals surface area contributed by atoms with Gasteiger partial charge in [0.15, 0.2) is 0 Å². The molecule has 0 aliphatic carbocycles. The van der Waals surface area contributed by atoms with Crippen LogP contribution in [0.15, 0.2) is 54.6 Å². The van der Waals surface area contributed by atoms with Gasteiger partial charge >= 0.3 is 5.97 Å². The van der Waals surface area contributed by atoms with Gasteiger partial charge in [0.2, 0.25) is 6.10 Å². The lowest BCUT2D eigenvalue weighted by Crippen LogP contribution is -2.34. The predicted octanol–water partition coefficient (Wildman–Crippen LogP) is 2.96. The molecular formula is C18H19NO4. The number of carbonyl (C=O) groups is 2. The van der Waals surface area contributed by atoms with E-state index >= 15 is 0 Å². The van der Waals surface area contributed by atoms with Gasteiger partial charge in [-0.3, -0.25) is 9.59 Å². The first-order chi connectivity index (χ1) is 11.0. The molecule has 0 fully saturated rings. The molecule has 1 amide bonds. The van der Waals surface area contributed by atoms with E-state index in [9.17, 15) is 9.59 Å². The number of hydrogen-bond acceptors (Lipinski definition) is 4. The van der Waals surface area contributed by atoms with Crippen molar-refractivity contribution >= 4 is 17.6 Å². The summed E-state index contributed by atoms with van der Waals surface area (Å²) >= 11 is 0. The van der Waals surface area contributed by atoms with Crippen LogP contribution >= 0.6 is 0 Å². The molecule has 5 heteroatoms. The first kappa shape index (κ1) is 16.5. The topological polar surface area (TPSA) is 55.8 Å². The molecule has 2 rings (SSSR count). The van der Waals surface area contributed by atoms with Crippen molar-refractivity contribution in [1.29, 1.82) is 0 Å². The summed E-state index contributed by atoms with van der Waals surface area (Å²) in [5, 5.41) is 0. The van der Waals surface area contributed by atoms with Crippen LogP contribution in [0.3, 0.4) is 0 Å². The summed E-state index contributed by atoms with van der Waals surface area (Å²) in [6.07, 6.45) is -1.06. The van der Waals surface area contributed by atoms with Gasteiger partial charge in [-0.25, -0.2) is 0 Å². The molecule has 1 unspecified atom stereocenters. The SMILES string of the molecule is COc1ccccc1C(OC(C)=O)C(=O)N(C)c1ccccc1. The van der Waals surface area contributed by atoms with Gasteiger partial charge < -0.3 is 14.4 Å². The molecule has 0 saturated heterocycles. The van der Waals surface area contributed by atoms with Crippen molar-refractivity contribution in [3.63, 3.8) is 0 Å². The van der Waals surface area contributed by atoms with Gasteiger partial charge in [0.25, 0.3) is 5.91 Å². The lowest BCUT2D eigenvalue weighted by molar-refractivity contribution is -0.153. The van der Waals surface area contributed by atoms with Crippen LogP contribution in [0.1, 0.15) is 18.6 Å². The molecule has 2 aromatic rings. The smallest absolute Gasteiger partial charge is 0.303 e. The zero-order valence-electron chi connectivity index (χ0n) is 13.4. The van der Waals surface area contributed by atoms with E-state index in [0.717, 1.165) is 0 Å². The zero-order chi connectivity index (χ0) is 16.8. The van der Waals surface area contributed by atoms with Crippen LogP contribution in [0.25, 0.3) is 0 Å². The monoisotopic (exact) mass is 313 g/mol. The number of likely N-dealkylation sites (N-methyl/N-ethyl adjacent to an activating group) is 1. The maximum absolute atomic E-state index is 12.8. The van der Waals surface area contributed by atoms with Crippen molar-refractivity contribution < 1.29 is 19.1 Å². The van der Waals surface area contributed by atoms with E-state index in [2.05, 4.69) is 0 Å². The maximum Gasteiger partial charge on any atom is 0.303 e. The molecule has 0 bridgehead atoms. The number of amides is 1. The minimum absolute atomic E-state index is 0.351. The first-order valence-electron chi connectivity index (χ1n) is 7.17. The normalized spacial score (nSPS) is 11.4. The van der Waals surface area contributed by atoms with Gasteiger partial charge in [0, 0.05) is 25.2 Å². The highest BCUT2D eigenvalue weighted by Gasteiger charge is 2.30. The van der Waals surface area contributed by atoms with Crippen LogP contribution < -0.4 is 9.64 Å². The van der Waals surface area contributed by atoms with E-state index in [1.54, 1.807) is 31.3 Å². The predicted molar refractivity (Wildman–Crippen MR) is 87.4 cm³/mol. The number of hydrogen-bond donors (Lipinski definition) is 0. The van der Waals surface area contributed by atoms with E-state index in [1.165, 1.54) is 18.9 Å². The first-order valence-corrected chi connectivity index (χ1v) is 7.17. The Hall–Kier alpha value is -2.82. The summed E-state index contributed by atoms with van der Waals surface area (Å²) in [4.78, 5) is 25.8. The molecule has 1 atom stereocenters. The fourth-order valence-corrected chi connectivity index (χ4v) is 2.25. The van der Waals surface area contributed by atoms with E-state index < -0.39 is 12.1 Å². The van der Waals surface area contributed by atoms with Crippen molar-refractivity contribution in [3.05, 3.63) is 60.2 Å². The van der Waals surface area contributed by atoms with Crippen molar-refractivity contribution in [2.45, 2.75) is 13.0 Å². The van der Waals surface area contributed by atoms with E-state index in [1.807, 2.05) is 30.3 Å². The number of methoxy groups -OCH3 is 1. The molecule has 0 aliphatic rings.